The molecule has 20 heavy (non-hydrogen) atoms. The highest BCUT2D eigenvalue weighted by atomic mass is 79.9. The summed E-state index contributed by atoms with van der Waals surface area (Å²) in [6, 6.07) is 7.51. The van der Waals surface area contributed by atoms with Crippen molar-refractivity contribution >= 4 is 27.5 Å². The van der Waals surface area contributed by atoms with E-state index < -0.39 is 11.6 Å². The molecule has 0 aromatic heterocycles. The molecule has 0 radical (unpaired) electrons. The molecule has 2 aromatic rings. The molecule has 1 nitrogen and oxygen atoms in total. The number of hydrogen-bond acceptors (Lipinski definition) is 1. The van der Waals surface area contributed by atoms with Crippen molar-refractivity contribution in [1.29, 1.82) is 0 Å². The average molecular weight is 362 g/mol. The van der Waals surface area contributed by atoms with Crippen molar-refractivity contribution in [3.05, 3.63) is 62.6 Å². The van der Waals surface area contributed by atoms with E-state index in [0.29, 0.717) is 5.02 Å². The lowest BCUT2D eigenvalue weighted by Crippen LogP contribution is -2.00. The van der Waals surface area contributed by atoms with E-state index in [4.69, 9.17) is 16.3 Å². The fourth-order valence-electron chi connectivity index (χ4n) is 1.86. The van der Waals surface area contributed by atoms with Crippen LogP contribution in [0.1, 0.15) is 18.1 Å². The summed E-state index contributed by atoms with van der Waals surface area (Å²) in [6.45, 7) is 2.00. The maximum atomic E-state index is 14.0. The molecule has 0 fully saturated rings. The van der Waals surface area contributed by atoms with Crippen LogP contribution in [0.3, 0.4) is 0 Å². The van der Waals surface area contributed by atoms with Gasteiger partial charge in [0.05, 0.1) is 6.61 Å². The molecule has 0 bridgehead atoms. The number of benzene rings is 2. The van der Waals surface area contributed by atoms with Crippen LogP contribution in [0, 0.1) is 11.6 Å². The van der Waals surface area contributed by atoms with Gasteiger partial charge in [0.25, 0.3) is 0 Å². The Kier molecular flexibility index (Phi) is 5.00. The second-order valence-corrected chi connectivity index (χ2v) is 5.54. The lowest BCUT2D eigenvalue weighted by Gasteiger charge is -2.10. The molecular formula is C15H12BrClF2O. The monoisotopic (exact) mass is 360 g/mol. The zero-order valence-corrected chi connectivity index (χ0v) is 13.1. The summed E-state index contributed by atoms with van der Waals surface area (Å²) in [6.07, 6.45) is 0.216. The Balaban J connectivity index is 2.34. The van der Waals surface area contributed by atoms with Crippen LogP contribution in [0.15, 0.2) is 34.8 Å². The maximum Gasteiger partial charge on any atom is 0.165 e. The SMILES string of the molecule is CCOc1cc(F)c(Cc2cc(Br)ccc2Cl)cc1F. The van der Waals surface area contributed by atoms with Crippen molar-refractivity contribution < 1.29 is 13.5 Å². The molecule has 0 saturated heterocycles. The van der Waals surface area contributed by atoms with Crippen LogP contribution in [0.4, 0.5) is 8.78 Å². The van der Waals surface area contributed by atoms with Crippen LogP contribution in [0.2, 0.25) is 5.02 Å². The Morgan fingerprint density at radius 2 is 1.85 bits per heavy atom. The predicted octanol–water partition coefficient (Wildman–Crippen LogP) is 5.37. The third kappa shape index (κ3) is 3.49. The summed E-state index contributed by atoms with van der Waals surface area (Å²) in [5, 5.41) is 0.516. The van der Waals surface area contributed by atoms with E-state index in [1.807, 2.05) is 0 Å². The van der Waals surface area contributed by atoms with Gasteiger partial charge in [0.15, 0.2) is 11.6 Å². The first-order valence-corrected chi connectivity index (χ1v) is 7.23. The van der Waals surface area contributed by atoms with Gasteiger partial charge in [-0.1, -0.05) is 27.5 Å². The Morgan fingerprint density at radius 1 is 1.10 bits per heavy atom. The van der Waals surface area contributed by atoms with Gasteiger partial charge in [0.2, 0.25) is 0 Å². The minimum atomic E-state index is -0.575. The first-order valence-electron chi connectivity index (χ1n) is 6.06. The third-order valence-electron chi connectivity index (χ3n) is 2.79. The molecule has 0 amide bonds. The van der Waals surface area contributed by atoms with E-state index in [1.165, 1.54) is 0 Å². The van der Waals surface area contributed by atoms with Crippen LogP contribution in [-0.4, -0.2) is 6.61 Å². The van der Waals surface area contributed by atoms with Crippen molar-refractivity contribution in [3.63, 3.8) is 0 Å². The maximum absolute atomic E-state index is 14.0. The second-order valence-electron chi connectivity index (χ2n) is 4.22. The largest absolute Gasteiger partial charge is 0.491 e. The lowest BCUT2D eigenvalue weighted by molar-refractivity contribution is 0.319. The van der Waals surface area contributed by atoms with Gasteiger partial charge in [-0.2, -0.15) is 0 Å². The highest BCUT2D eigenvalue weighted by molar-refractivity contribution is 9.10. The molecule has 5 heteroatoms. The first kappa shape index (κ1) is 15.3. The average Bonchev–Trinajstić information content (AvgIpc) is 2.40. The smallest absolute Gasteiger partial charge is 0.165 e. The zero-order valence-electron chi connectivity index (χ0n) is 10.7. The van der Waals surface area contributed by atoms with Gasteiger partial charge in [-0.3, -0.25) is 0 Å². The Morgan fingerprint density at radius 3 is 2.55 bits per heavy atom. The van der Waals surface area contributed by atoms with Gasteiger partial charge in [-0.05, 0) is 42.3 Å². The number of halogens is 4. The van der Waals surface area contributed by atoms with Gasteiger partial charge in [0.1, 0.15) is 5.82 Å². The van der Waals surface area contributed by atoms with Crippen LogP contribution in [-0.2, 0) is 6.42 Å². The van der Waals surface area contributed by atoms with Crippen molar-refractivity contribution in [2.75, 3.05) is 6.61 Å². The molecule has 0 aliphatic carbocycles. The minimum absolute atomic E-state index is 0.0749. The highest BCUT2D eigenvalue weighted by Gasteiger charge is 2.13. The molecule has 0 N–H and O–H groups in total. The quantitative estimate of drug-likeness (QED) is 0.711. The summed E-state index contributed by atoms with van der Waals surface area (Å²) in [5.41, 5.74) is 0.967. The van der Waals surface area contributed by atoms with Crippen molar-refractivity contribution in [2.24, 2.45) is 0 Å². The Hall–Kier alpha value is -1.13. The minimum Gasteiger partial charge on any atom is -0.491 e. The Labute approximate surface area is 129 Å². The van der Waals surface area contributed by atoms with Crippen LogP contribution in [0.5, 0.6) is 5.75 Å². The third-order valence-corrected chi connectivity index (χ3v) is 3.65. The van der Waals surface area contributed by atoms with E-state index in [0.717, 1.165) is 22.2 Å². The van der Waals surface area contributed by atoms with E-state index in [1.54, 1.807) is 25.1 Å². The summed E-state index contributed by atoms with van der Waals surface area (Å²) in [4.78, 5) is 0. The fourth-order valence-corrected chi connectivity index (χ4v) is 2.45. The highest BCUT2D eigenvalue weighted by Crippen LogP contribution is 2.27. The zero-order chi connectivity index (χ0) is 14.7. The molecule has 0 saturated carbocycles. The molecule has 2 aromatic carbocycles. The Bertz CT molecular complexity index is 632. The van der Waals surface area contributed by atoms with Gasteiger partial charge in [0, 0.05) is 22.0 Å². The molecule has 0 heterocycles. The van der Waals surface area contributed by atoms with E-state index >= 15 is 0 Å². The number of hydrogen-bond donors (Lipinski definition) is 0. The van der Waals surface area contributed by atoms with E-state index in [-0.39, 0.29) is 24.3 Å². The summed E-state index contributed by atoms with van der Waals surface area (Å²) < 4.78 is 33.6. The molecule has 0 unspecified atom stereocenters. The van der Waals surface area contributed by atoms with Gasteiger partial charge < -0.3 is 4.74 Å². The topological polar surface area (TPSA) is 9.23 Å². The van der Waals surface area contributed by atoms with E-state index in [9.17, 15) is 8.78 Å². The fraction of sp³-hybridized carbons (Fsp3) is 0.200. The summed E-state index contributed by atoms with van der Waals surface area (Å²) in [5.74, 6) is -1.16. The second kappa shape index (κ2) is 6.55. The molecule has 0 aliphatic heterocycles. The molecule has 0 spiro atoms. The summed E-state index contributed by atoms with van der Waals surface area (Å²) in [7, 11) is 0. The molecule has 0 aliphatic rings. The molecular weight excluding hydrogens is 350 g/mol. The van der Waals surface area contributed by atoms with Gasteiger partial charge >= 0.3 is 0 Å². The normalized spacial score (nSPS) is 10.7. The number of ether oxygens (including phenoxy) is 1. The lowest BCUT2D eigenvalue weighted by atomic mass is 10.0. The van der Waals surface area contributed by atoms with Gasteiger partial charge in [-0.15, -0.1) is 0 Å². The van der Waals surface area contributed by atoms with Crippen molar-refractivity contribution in [1.82, 2.24) is 0 Å². The molecule has 0 atom stereocenters. The van der Waals surface area contributed by atoms with Crippen LogP contribution >= 0.6 is 27.5 Å². The first-order chi connectivity index (χ1) is 9.51. The standard InChI is InChI=1S/C15H12BrClF2O/c1-2-20-15-8-13(18)10(7-14(15)19)5-9-6-11(16)3-4-12(9)17/h3-4,6-8H,2,5H2,1H3. The molecule has 106 valence electrons. The predicted molar refractivity (Wildman–Crippen MR) is 79.5 cm³/mol. The number of rotatable bonds is 4. The van der Waals surface area contributed by atoms with Crippen LogP contribution in [0.25, 0.3) is 0 Å². The van der Waals surface area contributed by atoms with E-state index in [2.05, 4.69) is 15.9 Å². The van der Waals surface area contributed by atoms with Crippen molar-refractivity contribution in [3.8, 4) is 5.75 Å². The van der Waals surface area contributed by atoms with Gasteiger partial charge in [-0.25, -0.2) is 8.78 Å². The van der Waals surface area contributed by atoms with Crippen LogP contribution < -0.4 is 4.74 Å². The van der Waals surface area contributed by atoms with Crippen molar-refractivity contribution in [2.45, 2.75) is 13.3 Å². The molecule has 2 rings (SSSR count). The summed E-state index contributed by atoms with van der Waals surface area (Å²) >= 11 is 9.39.